The van der Waals surface area contributed by atoms with E-state index in [0.717, 1.165) is 0 Å². The summed E-state index contributed by atoms with van der Waals surface area (Å²) in [5.41, 5.74) is 0. The maximum Gasteiger partial charge on any atom is 0 e. The number of halogens is 3. The Kier molecular flexibility index (Phi) is 14.3. The van der Waals surface area contributed by atoms with Crippen molar-refractivity contribution >= 4 is 61.7 Å². The maximum atomic E-state index is 2.12. The summed E-state index contributed by atoms with van der Waals surface area (Å²) in [4.78, 5) is 0. The van der Waals surface area contributed by atoms with Crippen LogP contribution in [0.2, 0.25) is 0 Å². The van der Waals surface area contributed by atoms with Crippen LogP contribution in [0, 0.1) is 0 Å². The van der Waals surface area contributed by atoms with Gasteiger partial charge in [0.25, 0.3) is 0 Å². The number of hydrogen-bond acceptors (Lipinski definition) is 0. The van der Waals surface area contributed by atoms with Crippen molar-refractivity contribution in [1.82, 2.24) is 0 Å². The van der Waals surface area contributed by atoms with Gasteiger partial charge in [0.2, 0.25) is 0 Å². The van der Waals surface area contributed by atoms with Crippen LogP contribution in [0.15, 0.2) is 42.5 Å². The molecule has 0 nitrogen and oxygen atoms in total. The molecule has 2 aromatic rings. The van der Waals surface area contributed by atoms with Crippen LogP contribution in [-0.2, 0) is 21.7 Å². The topological polar surface area (TPSA) is 0 Å². The third-order valence-electron chi connectivity index (χ3n) is 1.55. The van der Waals surface area contributed by atoms with Crippen molar-refractivity contribution in [2.24, 2.45) is 0 Å². The Morgan fingerprint density at radius 2 is 1.46 bits per heavy atom. The summed E-state index contributed by atoms with van der Waals surface area (Å²) in [6.45, 7) is 0. The molecule has 0 bridgehead atoms. The van der Waals surface area contributed by atoms with E-state index in [-0.39, 0.29) is 72.7 Å². The average molecular weight is 406 g/mol. The third-order valence-corrected chi connectivity index (χ3v) is 1.55. The van der Waals surface area contributed by atoms with Gasteiger partial charge in [0.15, 0.2) is 0 Å². The first kappa shape index (κ1) is 19.5. The van der Waals surface area contributed by atoms with Crippen LogP contribution in [0.3, 0.4) is 0 Å². The Balaban J connectivity index is -0.000000250. The summed E-state index contributed by atoms with van der Waals surface area (Å²) in [5.74, 6) is 0. The van der Waals surface area contributed by atoms with E-state index < -0.39 is 0 Å². The summed E-state index contributed by atoms with van der Waals surface area (Å²) in [6, 6.07) is 14.7. The van der Waals surface area contributed by atoms with E-state index in [4.69, 9.17) is 0 Å². The van der Waals surface area contributed by atoms with Crippen LogP contribution >= 0.6 is 50.9 Å². The van der Waals surface area contributed by atoms with E-state index in [1.807, 2.05) is 0 Å². The van der Waals surface area contributed by atoms with E-state index in [2.05, 4.69) is 42.5 Å². The normalized spacial score (nSPS) is 7.08. The molecular weight excluding hydrogens is 396 g/mol. The molecule has 0 amide bonds. The van der Waals surface area contributed by atoms with Crippen molar-refractivity contribution in [2.45, 2.75) is 0 Å². The third kappa shape index (κ3) is 4.84. The zero-order valence-corrected chi connectivity index (χ0v) is 13.5. The van der Waals surface area contributed by atoms with Gasteiger partial charge in [0, 0.05) is 21.7 Å². The summed E-state index contributed by atoms with van der Waals surface area (Å²) >= 11 is 0. The second-order valence-corrected chi connectivity index (χ2v) is 2.15. The zero-order chi connectivity index (χ0) is 6.10. The van der Waals surface area contributed by atoms with Gasteiger partial charge in [-0.15, -0.1) is 80.6 Å². The zero-order valence-electron chi connectivity index (χ0n) is 6.77. The van der Waals surface area contributed by atoms with E-state index >= 15 is 0 Å². The first-order chi connectivity index (χ1) is 4.47. The fourth-order valence-electron chi connectivity index (χ4n) is 1.07. The molecule has 0 unspecified atom stereocenters. The van der Waals surface area contributed by atoms with Gasteiger partial charge in [-0.2, -0.15) is 17.5 Å². The van der Waals surface area contributed by atoms with Crippen LogP contribution in [-0.4, -0.2) is 0 Å². The van der Waals surface area contributed by atoms with Crippen molar-refractivity contribution in [3.63, 3.8) is 0 Å². The van der Waals surface area contributed by atoms with Gasteiger partial charge in [0.1, 0.15) is 0 Å². The largest absolute Gasteiger partial charge is 0.168 e. The van der Waals surface area contributed by atoms with Crippen molar-refractivity contribution in [3.05, 3.63) is 42.5 Å². The molecular formula is C9H10Br3Ti-. The predicted molar refractivity (Wildman–Crippen MR) is 70.5 cm³/mol. The summed E-state index contributed by atoms with van der Waals surface area (Å²) in [7, 11) is 0. The van der Waals surface area contributed by atoms with Gasteiger partial charge in [-0.1, -0.05) is 6.07 Å². The molecule has 72 valence electrons. The molecule has 13 heavy (non-hydrogen) atoms. The molecule has 0 heterocycles. The van der Waals surface area contributed by atoms with Crippen LogP contribution in [0.1, 0.15) is 0 Å². The Morgan fingerprint density at radius 3 is 2.08 bits per heavy atom. The molecule has 0 atom stereocenters. The molecule has 0 saturated carbocycles. The second kappa shape index (κ2) is 9.54. The quantitative estimate of drug-likeness (QED) is 0.453. The Hall–Kier alpha value is 0.984. The molecule has 0 spiro atoms. The average Bonchev–Trinajstić information content (AvgIpc) is 2.33. The van der Waals surface area contributed by atoms with Crippen molar-refractivity contribution in [1.29, 1.82) is 0 Å². The number of rotatable bonds is 0. The maximum absolute atomic E-state index is 2.12. The number of benzene rings is 1. The van der Waals surface area contributed by atoms with Crippen LogP contribution in [0.4, 0.5) is 0 Å². The summed E-state index contributed by atoms with van der Waals surface area (Å²) < 4.78 is 0. The minimum atomic E-state index is 0. The molecule has 2 aromatic carbocycles. The van der Waals surface area contributed by atoms with Gasteiger partial charge in [0.05, 0.1) is 0 Å². The molecule has 0 radical (unpaired) electrons. The predicted octanol–water partition coefficient (Wildman–Crippen LogP) is 4.29. The van der Waals surface area contributed by atoms with E-state index in [1.54, 1.807) is 0 Å². The first-order valence-corrected chi connectivity index (χ1v) is 3.07. The van der Waals surface area contributed by atoms with Crippen LogP contribution in [0.25, 0.3) is 10.8 Å². The molecule has 0 N–H and O–H groups in total. The van der Waals surface area contributed by atoms with E-state index in [0.29, 0.717) is 0 Å². The second-order valence-electron chi connectivity index (χ2n) is 2.15. The van der Waals surface area contributed by atoms with E-state index in [9.17, 15) is 0 Å². The standard InChI is InChI=1S/C9H7.3BrH.Ti/c1-2-5-9-7-3-6-8(9)4-1;;;;/h1-7H;3*1H;/q-1;;;;. The monoisotopic (exact) mass is 403 g/mol. The number of fused-ring (bicyclic) bond motifs is 1. The number of hydrogen-bond donors (Lipinski definition) is 0. The van der Waals surface area contributed by atoms with Gasteiger partial charge in [-0.05, 0) is 0 Å². The SMILES string of the molecule is Br.Br.Br.[Ti].c1ccc2[cH-]ccc2c1. The molecule has 2 rings (SSSR count). The Labute approximate surface area is 125 Å². The molecule has 0 aliphatic carbocycles. The van der Waals surface area contributed by atoms with Gasteiger partial charge in [-0.25, -0.2) is 0 Å². The van der Waals surface area contributed by atoms with Crippen molar-refractivity contribution in [2.75, 3.05) is 0 Å². The summed E-state index contributed by atoms with van der Waals surface area (Å²) in [6.07, 6.45) is 0. The van der Waals surface area contributed by atoms with E-state index in [1.165, 1.54) is 10.8 Å². The van der Waals surface area contributed by atoms with Gasteiger partial charge >= 0.3 is 0 Å². The van der Waals surface area contributed by atoms with Crippen LogP contribution < -0.4 is 0 Å². The minimum Gasteiger partial charge on any atom is -0.168 e. The summed E-state index contributed by atoms with van der Waals surface area (Å²) in [5, 5.41) is 2.66. The molecule has 0 aliphatic heterocycles. The fourth-order valence-corrected chi connectivity index (χ4v) is 1.07. The van der Waals surface area contributed by atoms with Crippen molar-refractivity contribution < 1.29 is 21.7 Å². The minimum absolute atomic E-state index is 0. The molecule has 0 aliphatic rings. The first-order valence-electron chi connectivity index (χ1n) is 3.07. The van der Waals surface area contributed by atoms with Gasteiger partial charge < -0.3 is 0 Å². The Bertz CT molecular complexity index is 289. The van der Waals surface area contributed by atoms with Crippen molar-refractivity contribution in [3.8, 4) is 0 Å². The molecule has 0 saturated heterocycles. The smallest absolute Gasteiger partial charge is 0 e. The fraction of sp³-hybridized carbons (Fsp3) is 0. The molecule has 0 fully saturated rings. The van der Waals surface area contributed by atoms with Gasteiger partial charge in [-0.3, -0.25) is 0 Å². The molecule has 0 aromatic heterocycles. The van der Waals surface area contributed by atoms with Crippen LogP contribution in [0.5, 0.6) is 0 Å². The Morgan fingerprint density at radius 1 is 0.846 bits per heavy atom. The molecule has 4 heteroatoms.